The molecule has 98 valence electrons. The summed E-state index contributed by atoms with van der Waals surface area (Å²) in [5.74, 6) is -0.0628. The maximum absolute atomic E-state index is 12.1. The zero-order valence-electron chi connectivity index (χ0n) is 10.9. The summed E-state index contributed by atoms with van der Waals surface area (Å²) in [6.45, 7) is 4.65. The Balaban J connectivity index is 1.97. The molecule has 1 aromatic heterocycles. The number of aliphatic hydroxyl groups excluding tert-OH is 1. The molecular weight excluding hydrogens is 242 g/mol. The number of amides is 1. The smallest absolute Gasteiger partial charge is 0.254 e. The van der Waals surface area contributed by atoms with Crippen molar-refractivity contribution in [3.63, 3.8) is 0 Å². The highest BCUT2D eigenvalue weighted by Gasteiger charge is 2.29. The van der Waals surface area contributed by atoms with Crippen LogP contribution in [0, 0.1) is 13.8 Å². The predicted molar refractivity (Wildman–Crippen MR) is 70.9 cm³/mol. The minimum absolute atomic E-state index is 0.0628. The molecule has 1 fully saturated rings. The average Bonchev–Trinajstić information content (AvgIpc) is 2.35. The predicted octanol–water partition coefficient (Wildman–Crippen LogP) is 1.06. The lowest BCUT2D eigenvalue weighted by Gasteiger charge is -2.35. The summed E-state index contributed by atoms with van der Waals surface area (Å²) in [5, 5.41) is 9.24. The zero-order chi connectivity index (χ0) is 13.6. The third-order valence-corrected chi connectivity index (χ3v) is 3.47. The lowest BCUT2D eigenvalue weighted by molar-refractivity contribution is 0.00590. The van der Waals surface area contributed by atoms with Crippen LogP contribution in [0.1, 0.15) is 21.7 Å². The van der Waals surface area contributed by atoms with E-state index in [1.54, 1.807) is 17.0 Å². The Labute approximate surface area is 110 Å². The van der Waals surface area contributed by atoms with Gasteiger partial charge in [0.2, 0.25) is 0 Å². The molecule has 0 radical (unpaired) electrons. The van der Waals surface area contributed by atoms with Crippen LogP contribution in [-0.4, -0.2) is 45.1 Å². The van der Waals surface area contributed by atoms with Crippen molar-refractivity contribution in [2.45, 2.75) is 20.0 Å². The standard InChI is InChI=1S/C14H15N3O2/c1-8-9(2)16-13-5-10(3-4-12(13)15-8)14(19)17-6-11(18)7-17/h3-5,11,18H,6-7H2,1-2H3. The number of benzene rings is 1. The van der Waals surface area contributed by atoms with Crippen molar-refractivity contribution in [1.82, 2.24) is 14.9 Å². The number of hydrogen-bond donors (Lipinski definition) is 1. The highest BCUT2D eigenvalue weighted by Crippen LogP contribution is 2.18. The summed E-state index contributed by atoms with van der Waals surface area (Å²) in [6.07, 6.45) is -0.380. The summed E-state index contributed by atoms with van der Waals surface area (Å²) >= 11 is 0. The molecule has 0 atom stereocenters. The Morgan fingerprint density at radius 3 is 2.47 bits per heavy atom. The number of carbonyl (C=O) groups is 1. The zero-order valence-corrected chi connectivity index (χ0v) is 10.9. The number of rotatable bonds is 1. The summed E-state index contributed by atoms with van der Waals surface area (Å²) < 4.78 is 0. The molecule has 0 aliphatic carbocycles. The SMILES string of the molecule is Cc1nc2ccc(C(=O)N3CC(O)C3)cc2nc1C. The van der Waals surface area contributed by atoms with E-state index < -0.39 is 0 Å². The maximum Gasteiger partial charge on any atom is 0.254 e. The van der Waals surface area contributed by atoms with E-state index in [0.29, 0.717) is 18.7 Å². The molecule has 2 aromatic rings. The quantitative estimate of drug-likeness (QED) is 0.829. The van der Waals surface area contributed by atoms with Crippen LogP contribution in [0.25, 0.3) is 11.0 Å². The minimum Gasteiger partial charge on any atom is -0.389 e. The van der Waals surface area contributed by atoms with Gasteiger partial charge in [-0.25, -0.2) is 9.97 Å². The molecule has 1 amide bonds. The van der Waals surface area contributed by atoms with E-state index in [0.717, 1.165) is 22.4 Å². The van der Waals surface area contributed by atoms with Gasteiger partial charge in [-0.15, -0.1) is 0 Å². The summed E-state index contributed by atoms with van der Waals surface area (Å²) in [5.41, 5.74) is 3.89. The first-order chi connectivity index (χ1) is 9.04. The first-order valence-corrected chi connectivity index (χ1v) is 6.27. The fourth-order valence-electron chi connectivity index (χ4n) is 2.17. The summed E-state index contributed by atoms with van der Waals surface area (Å²) in [7, 11) is 0. The molecular formula is C14H15N3O2. The molecule has 1 saturated heterocycles. The van der Waals surface area contributed by atoms with Gasteiger partial charge in [0.1, 0.15) is 0 Å². The lowest BCUT2D eigenvalue weighted by Crippen LogP contribution is -2.53. The summed E-state index contributed by atoms with van der Waals surface area (Å²) in [4.78, 5) is 22.7. The van der Waals surface area contributed by atoms with Crippen LogP contribution in [0.15, 0.2) is 18.2 Å². The molecule has 5 nitrogen and oxygen atoms in total. The molecule has 0 unspecified atom stereocenters. The molecule has 2 heterocycles. The molecule has 5 heteroatoms. The number of aromatic nitrogens is 2. The molecule has 3 rings (SSSR count). The number of aryl methyl sites for hydroxylation is 2. The van der Waals surface area contributed by atoms with Crippen molar-refractivity contribution < 1.29 is 9.90 Å². The van der Waals surface area contributed by atoms with Crippen molar-refractivity contribution in [2.75, 3.05) is 13.1 Å². The van der Waals surface area contributed by atoms with E-state index >= 15 is 0 Å². The second kappa shape index (κ2) is 4.28. The average molecular weight is 257 g/mol. The van der Waals surface area contributed by atoms with Crippen molar-refractivity contribution >= 4 is 16.9 Å². The largest absolute Gasteiger partial charge is 0.389 e. The molecule has 0 bridgehead atoms. The van der Waals surface area contributed by atoms with Crippen molar-refractivity contribution in [3.05, 3.63) is 35.2 Å². The Bertz CT molecular complexity index is 663. The number of nitrogens with zero attached hydrogens (tertiary/aromatic N) is 3. The Morgan fingerprint density at radius 2 is 1.84 bits per heavy atom. The van der Waals surface area contributed by atoms with Crippen LogP contribution in [0.4, 0.5) is 0 Å². The van der Waals surface area contributed by atoms with Gasteiger partial charge in [0.05, 0.1) is 28.5 Å². The molecule has 0 spiro atoms. The van der Waals surface area contributed by atoms with Crippen LogP contribution in [0.2, 0.25) is 0 Å². The highest BCUT2D eigenvalue weighted by molar-refractivity contribution is 5.97. The second-order valence-corrected chi connectivity index (χ2v) is 4.96. The third kappa shape index (κ3) is 2.06. The van der Waals surface area contributed by atoms with Crippen LogP contribution in [0.5, 0.6) is 0 Å². The van der Waals surface area contributed by atoms with Crippen LogP contribution < -0.4 is 0 Å². The van der Waals surface area contributed by atoms with E-state index in [-0.39, 0.29) is 12.0 Å². The van der Waals surface area contributed by atoms with Gasteiger partial charge >= 0.3 is 0 Å². The number of likely N-dealkylation sites (tertiary alicyclic amines) is 1. The van der Waals surface area contributed by atoms with E-state index in [9.17, 15) is 9.90 Å². The first-order valence-electron chi connectivity index (χ1n) is 6.27. The first kappa shape index (κ1) is 12.0. The van der Waals surface area contributed by atoms with E-state index in [4.69, 9.17) is 0 Å². The van der Waals surface area contributed by atoms with Gasteiger partial charge in [0, 0.05) is 18.7 Å². The van der Waals surface area contributed by atoms with Crippen molar-refractivity contribution in [1.29, 1.82) is 0 Å². The monoisotopic (exact) mass is 257 g/mol. The topological polar surface area (TPSA) is 66.3 Å². The Hall–Kier alpha value is -2.01. The third-order valence-electron chi connectivity index (χ3n) is 3.47. The van der Waals surface area contributed by atoms with Gasteiger partial charge in [-0.2, -0.15) is 0 Å². The van der Waals surface area contributed by atoms with Gasteiger partial charge in [-0.1, -0.05) is 0 Å². The number of β-amino-alcohol motifs (C(OH)–C–C–N with tert-alkyl or cyclic N) is 1. The molecule has 19 heavy (non-hydrogen) atoms. The summed E-state index contributed by atoms with van der Waals surface area (Å²) in [6, 6.07) is 5.35. The number of aliphatic hydroxyl groups is 1. The molecule has 1 N–H and O–H groups in total. The van der Waals surface area contributed by atoms with Crippen LogP contribution in [-0.2, 0) is 0 Å². The Kier molecular flexibility index (Phi) is 2.71. The van der Waals surface area contributed by atoms with Gasteiger partial charge in [-0.3, -0.25) is 4.79 Å². The number of hydrogen-bond acceptors (Lipinski definition) is 4. The second-order valence-electron chi connectivity index (χ2n) is 4.96. The van der Waals surface area contributed by atoms with Gasteiger partial charge in [0.15, 0.2) is 0 Å². The molecule has 0 saturated carbocycles. The van der Waals surface area contributed by atoms with Gasteiger partial charge in [-0.05, 0) is 32.0 Å². The normalized spacial score (nSPS) is 15.6. The maximum atomic E-state index is 12.1. The molecule has 1 aromatic carbocycles. The van der Waals surface area contributed by atoms with Gasteiger partial charge < -0.3 is 10.0 Å². The highest BCUT2D eigenvalue weighted by atomic mass is 16.3. The molecule has 1 aliphatic heterocycles. The van der Waals surface area contributed by atoms with Crippen LogP contribution >= 0.6 is 0 Å². The van der Waals surface area contributed by atoms with Crippen molar-refractivity contribution in [3.8, 4) is 0 Å². The fraction of sp³-hybridized carbons (Fsp3) is 0.357. The Morgan fingerprint density at radius 1 is 1.21 bits per heavy atom. The number of carbonyl (C=O) groups excluding carboxylic acids is 1. The number of fused-ring (bicyclic) bond motifs is 1. The molecule has 1 aliphatic rings. The minimum atomic E-state index is -0.380. The van der Waals surface area contributed by atoms with E-state index in [2.05, 4.69) is 9.97 Å². The van der Waals surface area contributed by atoms with Gasteiger partial charge in [0.25, 0.3) is 5.91 Å². The lowest BCUT2D eigenvalue weighted by atomic mass is 10.1. The van der Waals surface area contributed by atoms with Crippen molar-refractivity contribution in [2.24, 2.45) is 0 Å². The van der Waals surface area contributed by atoms with E-state index in [1.807, 2.05) is 19.9 Å². The fourth-order valence-corrected chi connectivity index (χ4v) is 2.17. The van der Waals surface area contributed by atoms with E-state index in [1.165, 1.54) is 0 Å². The van der Waals surface area contributed by atoms with Crippen LogP contribution in [0.3, 0.4) is 0 Å².